The predicted molar refractivity (Wildman–Crippen MR) is 102 cm³/mol. The maximum absolute atomic E-state index is 10.4. The molecule has 122 valence electrons. The normalized spacial score (nSPS) is 12.2. The van der Waals surface area contributed by atoms with Crippen LogP contribution in [-0.4, -0.2) is 5.11 Å². The SMILES string of the molecule is CC[C@H](O)c1cc(-c2ccccc2C)cc(-c2ccccc2C)c1. The first kappa shape index (κ1) is 16.5. The van der Waals surface area contributed by atoms with Crippen LogP contribution in [0.3, 0.4) is 0 Å². The molecule has 0 spiro atoms. The molecule has 0 aliphatic carbocycles. The molecular weight excluding hydrogens is 292 g/mol. The molecule has 24 heavy (non-hydrogen) atoms. The third-order valence-electron chi connectivity index (χ3n) is 4.64. The summed E-state index contributed by atoms with van der Waals surface area (Å²) in [6.07, 6.45) is 0.279. The van der Waals surface area contributed by atoms with Crippen LogP contribution in [0.25, 0.3) is 22.3 Å². The van der Waals surface area contributed by atoms with Gasteiger partial charge < -0.3 is 5.11 Å². The number of aliphatic hydroxyl groups is 1. The predicted octanol–water partition coefficient (Wildman–Crippen LogP) is 6.08. The number of hydrogen-bond acceptors (Lipinski definition) is 1. The molecule has 0 saturated heterocycles. The van der Waals surface area contributed by atoms with Gasteiger partial charge >= 0.3 is 0 Å². The average molecular weight is 316 g/mol. The second-order valence-corrected chi connectivity index (χ2v) is 6.40. The summed E-state index contributed by atoms with van der Waals surface area (Å²) in [5.74, 6) is 0. The minimum Gasteiger partial charge on any atom is -0.388 e. The Kier molecular flexibility index (Phi) is 4.82. The van der Waals surface area contributed by atoms with Gasteiger partial charge in [-0.3, -0.25) is 0 Å². The van der Waals surface area contributed by atoms with Gasteiger partial charge in [0.05, 0.1) is 6.10 Å². The molecular formula is C23H24O. The number of benzene rings is 3. The molecule has 1 nitrogen and oxygen atoms in total. The zero-order valence-electron chi connectivity index (χ0n) is 14.6. The number of rotatable bonds is 4. The molecule has 3 aromatic rings. The molecule has 0 fully saturated rings. The van der Waals surface area contributed by atoms with Crippen molar-refractivity contribution >= 4 is 0 Å². The summed E-state index contributed by atoms with van der Waals surface area (Å²) in [5, 5.41) is 10.4. The molecule has 0 aliphatic heterocycles. The van der Waals surface area contributed by atoms with Gasteiger partial charge in [0.25, 0.3) is 0 Å². The number of aryl methyl sites for hydroxylation is 2. The Morgan fingerprint density at radius 2 is 1.21 bits per heavy atom. The van der Waals surface area contributed by atoms with Crippen LogP contribution in [0.1, 0.15) is 36.1 Å². The van der Waals surface area contributed by atoms with E-state index in [2.05, 4.69) is 80.6 Å². The summed E-state index contributed by atoms with van der Waals surface area (Å²) >= 11 is 0. The van der Waals surface area contributed by atoms with Gasteiger partial charge in [-0.2, -0.15) is 0 Å². The summed E-state index contributed by atoms with van der Waals surface area (Å²) in [7, 11) is 0. The lowest BCUT2D eigenvalue weighted by atomic mass is 9.91. The minimum atomic E-state index is -0.434. The molecule has 0 unspecified atom stereocenters. The van der Waals surface area contributed by atoms with E-state index in [0.29, 0.717) is 6.42 Å². The van der Waals surface area contributed by atoms with Gasteiger partial charge in [0.2, 0.25) is 0 Å². The van der Waals surface area contributed by atoms with E-state index in [9.17, 15) is 5.11 Å². The highest BCUT2D eigenvalue weighted by Gasteiger charge is 2.12. The van der Waals surface area contributed by atoms with Crippen LogP contribution >= 0.6 is 0 Å². The van der Waals surface area contributed by atoms with Crippen molar-refractivity contribution in [1.82, 2.24) is 0 Å². The van der Waals surface area contributed by atoms with Crippen LogP contribution < -0.4 is 0 Å². The van der Waals surface area contributed by atoms with E-state index in [4.69, 9.17) is 0 Å². The Hall–Kier alpha value is -2.38. The average Bonchev–Trinajstić information content (AvgIpc) is 2.61. The standard InChI is InChI=1S/C23H24O/c1-4-23(24)20-14-18(21-11-7-5-9-16(21)2)13-19(15-20)22-12-8-6-10-17(22)3/h5-15,23-24H,4H2,1-3H3/t23-/m0/s1. The first-order valence-corrected chi connectivity index (χ1v) is 8.55. The molecule has 1 atom stereocenters. The van der Waals surface area contributed by atoms with Crippen LogP contribution in [0.2, 0.25) is 0 Å². The van der Waals surface area contributed by atoms with E-state index in [1.807, 2.05) is 6.92 Å². The van der Waals surface area contributed by atoms with Gasteiger partial charge in [0, 0.05) is 0 Å². The topological polar surface area (TPSA) is 20.2 Å². The van der Waals surface area contributed by atoms with E-state index in [0.717, 1.165) is 16.7 Å². The Labute approximate surface area is 144 Å². The highest BCUT2D eigenvalue weighted by atomic mass is 16.3. The highest BCUT2D eigenvalue weighted by molar-refractivity contribution is 5.77. The van der Waals surface area contributed by atoms with Gasteiger partial charge in [-0.15, -0.1) is 0 Å². The van der Waals surface area contributed by atoms with Crippen LogP contribution in [0.15, 0.2) is 66.7 Å². The maximum Gasteiger partial charge on any atom is 0.0787 e. The van der Waals surface area contributed by atoms with Crippen LogP contribution in [0.5, 0.6) is 0 Å². The van der Waals surface area contributed by atoms with Crippen LogP contribution in [-0.2, 0) is 0 Å². The molecule has 0 amide bonds. The van der Waals surface area contributed by atoms with E-state index in [-0.39, 0.29) is 0 Å². The number of aliphatic hydroxyl groups excluding tert-OH is 1. The van der Waals surface area contributed by atoms with E-state index in [1.54, 1.807) is 0 Å². The summed E-state index contributed by atoms with van der Waals surface area (Å²) in [6, 6.07) is 23.3. The molecule has 3 rings (SSSR count). The molecule has 3 aromatic carbocycles. The summed E-state index contributed by atoms with van der Waals surface area (Å²) in [6.45, 7) is 6.27. The number of hydrogen-bond donors (Lipinski definition) is 1. The van der Waals surface area contributed by atoms with Gasteiger partial charge in [0.1, 0.15) is 0 Å². The quantitative estimate of drug-likeness (QED) is 0.618. The fourth-order valence-electron chi connectivity index (χ4n) is 3.18. The van der Waals surface area contributed by atoms with Crippen molar-refractivity contribution in [3.8, 4) is 22.3 Å². The van der Waals surface area contributed by atoms with E-state index >= 15 is 0 Å². The molecule has 0 heterocycles. The summed E-state index contributed by atoms with van der Waals surface area (Å²) < 4.78 is 0. The van der Waals surface area contributed by atoms with Crippen LogP contribution in [0, 0.1) is 13.8 Å². The zero-order chi connectivity index (χ0) is 17.1. The van der Waals surface area contributed by atoms with Crippen molar-refractivity contribution in [2.24, 2.45) is 0 Å². The summed E-state index contributed by atoms with van der Waals surface area (Å²) in [5.41, 5.74) is 8.24. The molecule has 0 bridgehead atoms. The zero-order valence-corrected chi connectivity index (χ0v) is 14.6. The van der Waals surface area contributed by atoms with Crippen molar-refractivity contribution in [3.63, 3.8) is 0 Å². The van der Waals surface area contributed by atoms with Gasteiger partial charge in [-0.05, 0) is 77.4 Å². The Morgan fingerprint density at radius 3 is 1.62 bits per heavy atom. The lowest BCUT2D eigenvalue weighted by molar-refractivity contribution is 0.174. The van der Waals surface area contributed by atoms with E-state index in [1.165, 1.54) is 22.3 Å². The largest absolute Gasteiger partial charge is 0.388 e. The third kappa shape index (κ3) is 3.27. The van der Waals surface area contributed by atoms with Crippen molar-refractivity contribution in [1.29, 1.82) is 0 Å². The van der Waals surface area contributed by atoms with Gasteiger partial charge in [-0.25, -0.2) is 0 Å². The van der Waals surface area contributed by atoms with Crippen molar-refractivity contribution in [2.45, 2.75) is 33.3 Å². The smallest absolute Gasteiger partial charge is 0.0787 e. The Morgan fingerprint density at radius 1 is 0.750 bits per heavy atom. The lowest BCUT2D eigenvalue weighted by Crippen LogP contribution is -1.97. The fourth-order valence-corrected chi connectivity index (χ4v) is 3.18. The molecule has 0 aliphatic rings. The third-order valence-corrected chi connectivity index (χ3v) is 4.64. The second-order valence-electron chi connectivity index (χ2n) is 6.40. The Bertz CT molecular complexity index is 784. The minimum absolute atomic E-state index is 0.434. The lowest BCUT2D eigenvalue weighted by Gasteiger charge is -2.16. The highest BCUT2D eigenvalue weighted by Crippen LogP contribution is 2.33. The summed E-state index contributed by atoms with van der Waals surface area (Å²) in [4.78, 5) is 0. The monoisotopic (exact) mass is 316 g/mol. The fraction of sp³-hybridized carbons (Fsp3) is 0.217. The van der Waals surface area contributed by atoms with Gasteiger partial charge in [0.15, 0.2) is 0 Å². The Balaban J connectivity index is 2.22. The van der Waals surface area contributed by atoms with Crippen molar-refractivity contribution in [3.05, 3.63) is 83.4 Å². The molecule has 1 heteroatoms. The first-order chi connectivity index (χ1) is 11.6. The second kappa shape index (κ2) is 7.02. The van der Waals surface area contributed by atoms with Crippen molar-refractivity contribution < 1.29 is 5.11 Å². The van der Waals surface area contributed by atoms with E-state index < -0.39 is 6.10 Å². The van der Waals surface area contributed by atoms with Gasteiger partial charge in [-0.1, -0.05) is 55.5 Å². The first-order valence-electron chi connectivity index (χ1n) is 8.55. The molecule has 1 N–H and O–H groups in total. The molecule has 0 saturated carbocycles. The van der Waals surface area contributed by atoms with Crippen molar-refractivity contribution in [2.75, 3.05) is 0 Å². The molecule has 0 aromatic heterocycles. The van der Waals surface area contributed by atoms with Crippen LogP contribution in [0.4, 0.5) is 0 Å². The molecule has 0 radical (unpaired) electrons. The maximum atomic E-state index is 10.4.